The Kier molecular flexibility index (Phi) is 6.66. The summed E-state index contributed by atoms with van der Waals surface area (Å²) in [4.78, 5) is 6.72. The molecule has 3 nitrogen and oxygen atoms in total. The number of hydrogen-bond acceptors (Lipinski definition) is 3. The summed E-state index contributed by atoms with van der Waals surface area (Å²) in [6.45, 7) is 3.89. The summed E-state index contributed by atoms with van der Waals surface area (Å²) in [6.07, 6.45) is 3.78. The standard InChI is InChI=1S/C16H17BrClN3.ClH/c17-14-4-3-12(8-15(14)18)11-21-7-6-20-10-16(21)13-2-1-5-19-9-13;/h1-5,8-9,16,20H,6-7,10-11H2;1H. The molecule has 2 aromatic rings. The zero-order valence-electron chi connectivity index (χ0n) is 12.0. The van der Waals surface area contributed by atoms with Gasteiger partial charge in [-0.1, -0.05) is 23.7 Å². The van der Waals surface area contributed by atoms with Gasteiger partial charge >= 0.3 is 0 Å². The predicted octanol–water partition coefficient (Wildman–Crippen LogP) is 4.07. The van der Waals surface area contributed by atoms with Gasteiger partial charge in [0.2, 0.25) is 0 Å². The number of piperazine rings is 1. The molecule has 1 fully saturated rings. The Hall–Kier alpha value is -0.650. The van der Waals surface area contributed by atoms with Crippen molar-refractivity contribution in [3.05, 3.63) is 63.3 Å². The first kappa shape index (κ1) is 17.7. The molecule has 2 heterocycles. The van der Waals surface area contributed by atoms with Crippen LogP contribution in [0.2, 0.25) is 5.02 Å². The zero-order chi connectivity index (χ0) is 14.7. The maximum Gasteiger partial charge on any atom is 0.0551 e. The van der Waals surface area contributed by atoms with Crippen molar-refractivity contribution in [1.82, 2.24) is 15.2 Å². The van der Waals surface area contributed by atoms with Crippen LogP contribution >= 0.6 is 39.9 Å². The summed E-state index contributed by atoms with van der Waals surface area (Å²) in [6, 6.07) is 10.7. The Balaban J connectivity index is 0.00000176. The van der Waals surface area contributed by atoms with Crippen LogP contribution in [0.4, 0.5) is 0 Å². The van der Waals surface area contributed by atoms with Crippen molar-refractivity contribution in [2.75, 3.05) is 19.6 Å². The lowest BCUT2D eigenvalue weighted by Gasteiger charge is -2.36. The van der Waals surface area contributed by atoms with Gasteiger partial charge in [-0.3, -0.25) is 9.88 Å². The van der Waals surface area contributed by atoms with Gasteiger partial charge in [0.15, 0.2) is 0 Å². The van der Waals surface area contributed by atoms with E-state index in [0.717, 1.165) is 35.7 Å². The van der Waals surface area contributed by atoms with E-state index in [1.54, 1.807) is 0 Å². The summed E-state index contributed by atoms with van der Waals surface area (Å²) in [5.74, 6) is 0. The highest BCUT2D eigenvalue weighted by Gasteiger charge is 2.23. The molecule has 1 aromatic carbocycles. The molecule has 1 aromatic heterocycles. The molecule has 0 spiro atoms. The maximum atomic E-state index is 6.20. The van der Waals surface area contributed by atoms with Crippen molar-refractivity contribution in [2.24, 2.45) is 0 Å². The molecule has 1 aliphatic heterocycles. The summed E-state index contributed by atoms with van der Waals surface area (Å²) < 4.78 is 0.942. The normalized spacial score (nSPS) is 18.7. The van der Waals surface area contributed by atoms with Crippen molar-refractivity contribution in [3.63, 3.8) is 0 Å². The van der Waals surface area contributed by atoms with E-state index < -0.39 is 0 Å². The first-order valence-corrected chi connectivity index (χ1v) is 8.20. The number of nitrogens with zero attached hydrogens (tertiary/aromatic N) is 2. The molecule has 3 rings (SSSR count). The minimum absolute atomic E-state index is 0. The van der Waals surface area contributed by atoms with E-state index in [1.807, 2.05) is 30.6 Å². The van der Waals surface area contributed by atoms with Crippen LogP contribution in [0.3, 0.4) is 0 Å². The van der Waals surface area contributed by atoms with Crippen LogP contribution in [-0.4, -0.2) is 29.5 Å². The van der Waals surface area contributed by atoms with Gasteiger partial charge in [0.05, 0.1) is 5.02 Å². The molecule has 0 saturated carbocycles. The van der Waals surface area contributed by atoms with Crippen LogP contribution in [0.5, 0.6) is 0 Å². The number of hydrogen-bond donors (Lipinski definition) is 1. The summed E-state index contributed by atoms with van der Waals surface area (Å²) in [7, 11) is 0. The first-order valence-electron chi connectivity index (χ1n) is 7.02. The van der Waals surface area contributed by atoms with Crippen LogP contribution in [0, 0.1) is 0 Å². The Bertz CT molecular complexity index is 610. The first-order chi connectivity index (χ1) is 10.2. The molecule has 1 N–H and O–H groups in total. The highest BCUT2D eigenvalue weighted by atomic mass is 79.9. The van der Waals surface area contributed by atoms with Gasteiger partial charge < -0.3 is 5.32 Å². The molecule has 0 radical (unpaired) electrons. The van der Waals surface area contributed by atoms with Crippen molar-refractivity contribution in [2.45, 2.75) is 12.6 Å². The van der Waals surface area contributed by atoms with E-state index in [1.165, 1.54) is 11.1 Å². The second-order valence-electron chi connectivity index (χ2n) is 5.23. The fourth-order valence-corrected chi connectivity index (χ4v) is 3.16. The number of pyridine rings is 1. The topological polar surface area (TPSA) is 28.2 Å². The summed E-state index contributed by atoms with van der Waals surface area (Å²) in [5.41, 5.74) is 2.49. The summed E-state index contributed by atoms with van der Waals surface area (Å²) >= 11 is 9.64. The number of benzene rings is 1. The Morgan fingerprint density at radius 1 is 1.36 bits per heavy atom. The molecule has 0 bridgehead atoms. The molecule has 1 aliphatic rings. The van der Waals surface area contributed by atoms with E-state index in [4.69, 9.17) is 11.6 Å². The minimum atomic E-state index is 0. The second-order valence-corrected chi connectivity index (χ2v) is 6.49. The number of nitrogens with one attached hydrogen (secondary N) is 1. The maximum absolute atomic E-state index is 6.20. The summed E-state index contributed by atoms with van der Waals surface area (Å²) in [5, 5.41) is 4.23. The van der Waals surface area contributed by atoms with Gasteiger partial charge in [0.25, 0.3) is 0 Å². The highest BCUT2D eigenvalue weighted by Crippen LogP contribution is 2.27. The van der Waals surface area contributed by atoms with Crippen molar-refractivity contribution in [1.29, 1.82) is 0 Å². The lowest BCUT2D eigenvalue weighted by Crippen LogP contribution is -2.45. The molecule has 1 unspecified atom stereocenters. The smallest absolute Gasteiger partial charge is 0.0551 e. The van der Waals surface area contributed by atoms with Crippen LogP contribution < -0.4 is 5.32 Å². The van der Waals surface area contributed by atoms with Crippen LogP contribution in [0.15, 0.2) is 47.2 Å². The molecule has 1 atom stereocenters. The van der Waals surface area contributed by atoms with Gasteiger partial charge in [-0.2, -0.15) is 0 Å². The number of halogens is 3. The van der Waals surface area contributed by atoms with Crippen molar-refractivity contribution < 1.29 is 0 Å². The Morgan fingerprint density at radius 3 is 2.95 bits per heavy atom. The van der Waals surface area contributed by atoms with Crippen LogP contribution in [0.25, 0.3) is 0 Å². The van der Waals surface area contributed by atoms with E-state index in [2.05, 4.69) is 43.3 Å². The third-order valence-corrected chi connectivity index (χ3v) is 5.03. The van der Waals surface area contributed by atoms with E-state index in [9.17, 15) is 0 Å². The predicted molar refractivity (Wildman–Crippen MR) is 96.7 cm³/mol. The number of rotatable bonds is 3. The molecule has 22 heavy (non-hydrogen) atoms. The fraction of sp³-hybridized carbons (Fsp3) is 0.312. The SMILES string of the molecule is Cl.Clc1cc(CN2CCNCC2c2cccnc2)ccc1Br. The van der Waals surface area contributed by atoms with Crippen LogP contribution in [0.1, 0.15) is 17.2 Å². The largest absolute Gasteiger partial charge is 0.314 e. The minimum Gasteiger partial charge on any atom is -0.314 e. The van der Waals surface area contributed by atoms with Gasteiger partial charge in [0.1, 0.15) is 0 Å². The van der Waals surface area contributed by atoms with E-state index in [-0.39, 0.29) is 12.4 Å². The molecule has 0 aliphatic carbocycles. The van der Waals surface area contributed by atoms with Gasteiger partial charge in [-0.25, -0.2) is 0 Å². The Morgan fingerprint density at radius 2 is 2.23 bits per heavy atom. The quantitative estimate of drug-likeness (QED) is 0.838. The third-order valence-electron chi connectivity index (χ3n) is 3.79. The molecule has 118 valence electrons. The van der Waals surface area contributed by atoms with E-state index in [0.29, 0.717) is 6.04 Å². The second kappa shape index (κ2) is 8.27. The van der Waals surface area contributed by atoms with Gasteiger partial charge in [-0.15, -0.1) is 12.4 Å². The third kappa shape index (κ3) is 4.21. The van der Waals surface area contributed by atoms with E-state index >= 15 is 0 Å². The van der Waals surface area contributed by atoms with Crippen molar-refractivity contribution >= 4 is 39.9 Å². The lowest BCUT2D eigenvalue weighted by atomic mass is 10.0. The average molecular weight is 403 g/mol. The molecular weight excluding hydrogens is 385 g/mol. The molecular formula is C16H18BrCl2N3. The molecule has 1 saturated heterocycles. The molecule has 6 heteroatoms. The highest BCUT2D eigenvalue weighted by molar-refractivity contribution is 9.10. The Labute approximate surface area is 150 Å². The monoisotopic (exact) mass is 401 g/mol. The van der Waals surface area contributed by atoms with Crippen molar-refractivity contribution in [3.8, 4) is 0 Å². The van der Waals surface area contributed by atoms with Gasteiger partial charge in [-0.05, 0) is 45.3 Å². The zero-order valence-corrected chi connectivity index (χ0v) is 15.2. The molecule has 0 amide bonds. The van der Waals surface area contributed by atoms with Crippen LogP contribution in [-0.2, 0) is 6.54 Å². The average Bonchev–Trinajstić information content (AvgIpc) is 2.52. The number of aromatic nitrogens is 1. The lowest BCUT2D eigenvalue weighted by molar-refractivity contribution is 0.153. The fourth-order valence-electron chi connectivity index (χ4n) is 2.71. The van der Waals surface area contributed by atoms with Gasteiger partial charge in [0, 0.05) is 49.1 Å².